The third-order valence-electron chi connectivity index (χ3n) is 3.05. The van der Waals surface area contributed by atoms with E-state index in [1.165, 1.54) is 4.88 Å². The van der Waals surface area contributed by atoms with Gasteiger partial charge in [-0.05, 0) is 37.2 Å². The molecule has 0 fully saturated rings. The summed E-state index contributed by atoms with van der Waals surface area (Å²) >= 11 is 13.8. The maximum Gasteiger partial charge on any atom is 0.328 e. The first-order valence-electron chi connectivity index (χ1n) is 7.77. The predicted molar refractivity (Wildman–Crippen MR) is 107 cm³/mol. The molecule has 0 amide bonds. The van der Waals surface area contributed by atoms with Crippen LogP contribution in [0.25, 0.3) is 0 Å². The van der Waals surface area contributed by atoms with E-state index < -0.39 is 11.9 Å². The average molecular weight is 432 g/mol. The van der Waals surface area contributed by atoms with Crippen LogP contribution in [0.15, 0.2) is 47.9 Å². The van der Waals surface area contributed by atoms with Crippen molar-refractivity contribution < 1.29 is 24.5 Å². The third-order valence-corrected chi connectivity index (χ3v) is 4.56. The minimum atomic E-state index is -1.26. The molecule has 1 heterocycles. The molecule has 0 spiro atoms. The van der Waals surface area contributed by atoms with Gasteiger partial charge in [0.15, 0.2) is 0 Å². The normalized spacial score (nSPS) is 11.5. The first-order chi connectivity index (χ1) is 12.8. The summed E-state index contributed by atoms with van der Waals surface area (Å²) in [6, 6.07) is 9.36. The average Bonchev–Trinajstić information content (AvgIpc) is 3.15. The molecule has 0 bridgehead atoms. The van der Waals surface area contributed by atoms with Gasteiger partial charge in [-0.3, -0.25) is 0 Å². The second-order valence-corrected chi connectivity index (χ2v) is 6.92. The van der Waals surface area contributed by atoms with E-state index in [0.29, 0.717) is 27.9 Å². The molecule has 27 heavy (non-hydrogen) atoms. The van der Waals surface area contributed by atoms with Crippen LogP contribution in [0.1, 0.15) is 17.4 Å². The van der Waals surface area contributed by atoms with Crippen LogP contribution in [0, 0.1) is 0 Å². The smallest absolute Gasteiger partial charge is 0.328 e. The monoisotopic (exact) mass is 431 g/mol. The Morgan fingerprint density at radius 1 is 1.22 bits per heavy atom. The number of rotatable bonds is 8. The minimum Gasteiger partial charge on any atom is -0.483 e. The van der Waals surface area contributed by atoms with Crippen molar-refractivity contribution in [2.24, 2.45) is 0 Å². The molecule has 0 radical (unpaired) electrons. The molecule has 6 nitrogen and oxygen atoms in total. The molecule has 2 rings (SSSR count). The Kier molecular flexibility index (Phi) is 10.5. The highest BCUT2D eigenvalue weighted by Crippen LogP contribution is 2.34. The van der Waals surface area contributed by atoms with E-state index in [9.17, 15) is 9.59 Å². The van der Waals surface area contributed by atoms with Crippen LogP contribution in [0.3, 0.4) is 0 Å². The summed E-state index contributed by atoms with van der Waals surface area (Å²) in [5.41, 5.74) is 0. The molecule has 1 unspecified atom stereocenters. The lowest BCUT2D eigenvalue weighted by Crippen LogP contribution is -2.15. The second kappa shape index (κ2) is 12.3. The molecule has 9 heteroatoms. The summed E-state index contributed by atoms with van der Waals surface area (Å²) in [5.74, 6) is -1.89. The Morgan fingerprint density at radius 3 is 2.41 bits per heavy atom. The Labute approximate surface area is 171 Å². The van der Waals surface area contributed by atoms with Gasteiger partial charge in [-0.1, -0.05) is 29.3 Å². The first-order valence-corrected chi connectivity index (χ1v) is 9.40. The van der Waals surface area contributed by atoms with Gasteiger partial charge in [-0.25, -0.2) is 9.59 Å². The highest BCUT2D eigenvalue weighted by atomic mass is 35.5. The highest BCUT2D eigenvalue weighted by molar-refractivity contribution is 7.10. The van der Waals surface area contributed by atoms with Gasteiger partial charge in [0.2, 0.25) is 0 Å². The number of ether oxygens (including phenoxy) is 1. The van der Waals surface area contributed by atoms with Crippen LogP contribution in [0.5, 0.6) is 5.75 Å². The van der Waals surface area contributed by atoms with E-state index in [2.05, 4.69) is 11.4 Å². The summed E-state index contributed by atoms with van der Waals surface area (Å²) in [6.07, 6.45) is 1.98. The van der Waals surface area contributed by atoms with Crippen molar-refractivity contribution in [2.75, 3.05) is 13.6 Å². The molecule has 0 aliphatic carbocycles. The van der Waals surface area contributed by atoms with Gasteiger partial charge in [-0.2, -0.15) is 0 Å². The maximum absolute atomic E-state index is 9.55. The fourth-order valence-electron chi connectivity index (χ4n) is 1.87. The molecule has 0 saturated carbocycles. The van der Waals surface area contributed by atoms with Gasteiger partial charge >= 0.3 is 11.9 Å². The molecule has 146 valence electrons. The van der Waals surface area contributed by atoms with Crippen LogP contribution in [-0.2, 0) is 9.59 Å². The van der Waals surface area contributed by atoms with Crippen molar-refractivity contribution in [1.82, 2.24) is 5.32 Å². The molecule has 1 atom stereocenters. The quantitative estimate of drug-likeness (QED) is 0.532. The van der Waals surface area contributed by atoms with Gasteiger partial charge in [0.1, 0.15) is 11.9 Å². The number of hydrogen-bond acceptors (Lipinski definition) is 5. The van der Waals surface area contributed by atoms with E-state index in [0.717, 1.165) is 13.0 Å². The minimum absolute atomic E-state index is 0.0107. The summed E-state index contributed by atoms with van der Waals surface area (Å²) in [4.78, 5) is 20.3. The standard InChI is InChI=1S/C14H15Cl2NOS.C4H4O4/c1-17-7-6-12(14-3-2-8-19-14)18-13-9-10(15)4-5-11(13)16;5-3(6)1-2-4(7)8/h2-5,8-9,12,17H,6-7H2,1H3;1-2H,(H,5,6)(H,7,8). The molecule has 1 aromatic carbocycles. The molecule has 1 aromatic heterocycles. The molecule has 0 aliphatic rings. The van der Waals surface area contributed by atoms with E-state index in [1.54, 1.807) is 29.5 Å². The maximum atomic E-state index is 9.55. The van der Waals surface area contributed by atoms with Crippen molar-refractivity contribution in [3.8, 4) is 5.75 Å². The fourth-order valence-corrected chi connectivity index (χ4v) is 2.99. The highest BCUT2D eigenvalue weighted by Gasteiger charge is 2.16. The topological polar surface area (TPSA) is 95.9 Å². The second-order valence-electron chi connectivity index (χ2n) is 5.10. The Balaban J connectivity index is 0.000000387. The first kappa shape index (κ1) is 23.0. The molecule has 2 aromatic rings. The van der Waals surface area contributed by atoms with Gasteiger partial charge in [-0.15, -0.1) is 11.3 Å². The number of halogens is 2. The lowest BCUT2D eigenvalue weighted by Gasteiger charge is -2.19. The van der Waals surface area contributed by atoms with Crippen LogP contribution < -0.4 is 10.1 Å². The van der Waals surface area contributed by atoms with Crippen molar-refractivity contribution in [2.45, 2.75) is 12.5 Å². The number of hydrogen-bond donors (Lipinski definition) is 3. The number of benzene rings is 1. The lowest BCUT2D eigenvalue weighted by molar-refractivity contribution is -0.134. The lowest BCUT2D eigenvalue weighted by atomic mass is 10.2. The largest absolute Gasteiger partial charge is 0.483 e. The van der Waals surface area contributed by atoms with E-state index >= 15 is 0 Å². The van der Waals surface area contributed by atoms with Crippen LogP contribution in [0.4, 0.5) is 0 Å². The SMILES string of the molecule is CNCCC(Oc1cc(Cl)ccc1Cl)c1cccs1.O=C(O)C=CC(=O)O. The number of aliphatic carboxylic acids is 2. The Morgan fingerprint density at radius 2 is 1.89 bits per heavy atom. The number of carboxylic acids is 2. The summed E-state index contributed by atoms with van der Waals surface area (Å²) in [7, 11) is 1.93. The predicted octanol–water partition coefficient (Wildman–Crippen LogP) is 4.50. The van der Waals surface area contributed by atoms with E-state index in [1.807, 2.05) is 18.5 Å². The Hall–Kier alpha value is -2.06. The zero-order valence-electron chi connectivity index (χ0n) is 14.4. The fraction of sp³-hybridized carbons (Fsp3) is 0.222. The van der Waals surface area contributed by atoms with Crippen molar-refractivity contribution in [3.05, 3.63) is 62.8 Å². The number of carbonyl (C=O) groups is 2. The summed E-state index contributed by atoms with van der Waals surface area (Å²) in [6.45, 7) is 0.876. The van der Waals surface area contributed by atoms with Crippen LogP contribution in [0.2, 0.25) is 10.0 Å². The van der Waals surface area contributed by atoms with Crippen molar-refractivity contribution in [1.29, 1.82) is 0 Å². The molecular formula is C18H19Cl2NO5S. The number of nitrogens with one attached hydrogen (secondary N) is 1. The van der Waals surface area contributed by atoms with Crippen molar-refractivity contribution >= 4 is 46.5 Å². The van der Waals surface area contributed by atoms with Crippen molar-refractivity contribution in [3.63, 3.8) is 0 Å². The van der Waals surface area contributed by atoms with Crippen LogP contribution in [-0.4, -0.2) is 35.7 Å². The van der Waals surface area contributed by atoms with Gasteiger partial charge < -0.3 is 20.3 Å². The molecule has 3 N–H and O–H groups in total. The summed E-state index contributed by atoms with van der Waals surface area (Å²) < 4.78 is 6.03. The van der Waals surface area contributed by atoms with Gasteiger partial charge in [0, 0.05) is 34.5 Å². The molecule has 0 saturated heterocycles. The zero-order valence-corrected chi connectivity index (χ0v) is 16.7. The van der Waals surface area contributed by atoms with E-state index in [4.69, 9.17) is 38.2 Å². The number of carboxylic acid groups (broad SMARTS) is 2. The van der Waals surface area contributed by atoms with Gasteiger partial charge in [0.05, 0.1) is 5.02 Å². The molecular weight excluding hydrogens is 413 g/mol. The van der Waals surface area contributed by atoms with Gasteiger partial charge in [0.25, 0.3) is 0 Å². The number of thiophene rings is 1. The Bertz CT molecular complexity index is 749. The third kappa shape index (κ3) is 9.44. The zero-order chi connectivity index (χ0) is 20.2. The molecule has 0 aliphatic heterocycles. The van der Waals surface area contributed by atoms with Crippen LogP contribution >= 0.6 is 34.5 Å². The van der Waals surface area contributed by atoms with E-state index in [-0.39, 0.29) is 6.10 Å². The summed E-state index contributed by atoms with van der Waals surface area (Å²) in [5, 5.41) is 22.0.